The van der Waals surface area contributed by atoms with Crippen molar-refractivity contribution >= 4 is 0 Å². The second-order valence-corrected chi connectivity index (χ2v) is 7.93. The molecule has 0 aromatic heterocycles. The highest BCUT2D eigenvalue weighted by molar-refractivity contribution is 5.18. The standard InChI is InChI=1S/C21H35NO/c1-6-20(5)16-21(17(2)3,13-15-23-20)12-14-22-18(4)19-10-8-7-9-11-19/h7-11,17-18,22H,6,12-16H2,1-5H3/t18-,20-,21+/m0/s1. The molecule has 1 aromatic carbocycles. The summed E-state index contributed by atoms with van der Waals surface area (Å²) in [6, 6.07) is 11.1. The summed E-state index contributed by atoms with van der Waals surface area (Å²) in [5.74, 6) is 0.700. The summed E-state index contributed by atoms with van der Waals surface area (Å²) in [5, 5.41) is 3.73. The van der Waals surface area contributed by atoms with Gasteiger partial charge in [0.1, 0.15) is 0 Å². The normalized spacial score (nSPS) is 29.7. The van der Waals surface area contributed by atoms with E-state index in [0.717, 1.165) is 19.6 Å². The van der Waals surface area contributed by atoms with Crippen molar-refractivity contribution in [2.45, 2.75) is 71.9 Å². The number of hydrogen-bond acceptors (Lipinski definition) is 2. The van der Waals surface area contributed by atoms with Crippen LogP contribution in [-0.2, 0) is 4.74 Å². The minimum absolute atomic E-state index is 0.0631. The molecular formula is C21H35NO. The quantitative estimate of drug-likeness (QED) is 0.732. The van der Waals surface area contributed by atoms with Crippen LogP contribution < -0.4 is 5.32 Å². The van der Waals surface area contributed by atoms with Gasteiger partial charge in [0.2, 0.25) is 0 Å². The third-order valence-electron chi connectivity index (χ3n) is 6.12. The highest BCUT2D eigenvalue weighted by Crippen LogP contribution is 2.47. The predicted molar refractivity (Wildman–Crippen MR) is 98.6 cm³/mol. The Bertz CT molecular complexity index is 472. The van der Waals surface area contributed by atoms with Crippen LogP contribution in [0, 0.1) is 11.3 Å². The van der Waals surface area contributed by atoms with Crippen LogP contribution in [0.2, 0.25) is 0 Å². The summed E-state index contributed by atoms with van der Waals surface area (Å²) in [5.41, 5.74) is 1.84. The molecule has 1 saturated heterocycles. The summed E-state index contributed by atoms with van der Waals surface area (Å²) in [6.45, 7) is 13.6. The molecule has 3 atom stereocenters. The summed E-state index contributed by atoms with van der Waals surface area (Å²) in [6.07, 6.45) is 4.73. The Morgan fingerprint density at radius 3 is 2.48 bits per heavy atom. The zero-order valence-corrected chi connectivity index (χ0v) is 15.7. The zero-order valence-electron chi connectivity index (χ0n) is 15.7. The van der Waals surface area contributed by atoms with Crippen molar-refractivity contribution < 1.29 is 4.74 Å². The van der Waals surface area contributed by atoms with Crippen LogP contribution in [0.5, 0.6) is 0 Å². The number of nitrogens with one attached hydrogen (secondary N) is 1. The average Bonchev–Trinajstić information content (AvgIpc) is 2.55. The number of ether oxygens (including phenoxy) is 1. The van der Waals surface area contributed by atoms with Crippen molar-refractivity contribution in [3.05, 3.63) is 35.9 Å². The van der Waals surface area contributed by atoms with Crippen LogP contribution in [0.25, 0.3) is 0 Å². The molecule has 0 spiro atoms. The fraction of sp³-hybridized carbons (Fsp3) is 0.714. The van der Waals surface area contributed by atoms with E-state index < -0.39 is 0 Å². The molecular weight excluding hydrogens is 282 g/mol. The second-order valence-electron chi connectivity index (χ2n) is 7.93. The molecule has 0 radical (unpaired) electrons. The van der Waals surface area contributed by atoms with Gasteiger partial charge in [-0.3, -0.25) is 0 Å². The summed E-state index contributed by atoms with van der Waals surface area (Å²) < 4.78 is 6.10. The lowest BCUT2D eigenvalue weighted by Gasteiger charge is -2.49. The molecule has 1 aliphatic rings. The maximum atomic E-state index is 6.10. The van der Waals surface area contributed by atoms with Crippen molar-refractivity contribution in [1.82, 2.24) is 5.32 Å². The molecule has 2 heteroatoms. The van der Waals surface area contributed by atoms with Crippen LogP contribution in [0.4, 0.5) is 0 Å². The molecule has 0 bridgehead atoms. The lowest BCUT2D eigenvalue weighted by Crippen LogP contribution is -2.46. The van der Waals surface area contributed by atoms with E-state index in [2.05, 4.69) is 70.3 Å². The molecule has 0 saturated carbocycles. The topological polar surface area (TPSA) is 21.3 Å². The average molecular weight is 318 g/mol. The minimum atomic E-state index is 0.0631. The molecule has 130 valence electrons. The van der Waals surface area contributed by atoms with E-state index in [-0.39, 0.29) is 5.60 Å². The molecule has 0 amide bonds. The van der Waals surface area contributed by atoms with Gasteiger partial charge < -0.3 is 10.1 Å². The molecule has 2 rings (SSSR count). The number of benzene rings is 1. The fourth-order valence-electron chi connectivity index (χ4n) is 4.00. The first-order valence-electron chi connectivity index (χ1n) is 9.33. The summed E-state index contributed by atoms with van der Waals surface area (Å²) in [4.78, 5) is 0. The Kier molecular flexibility index (Phi) is 6.27. The van der Waals surface area contributed by atoms with E-state index >= 15 is 0 Å². The van der Waals surface area contributed by atoms with Crippen LogP contribution in [-0.4, -0.2) is 18.8 Å². The van der Waals surface area contributed by atoms with Crippen LogP contribution in [0.3, 0.4) is 0 Å². The maximum absolute atomic E-state index is 6.10. The monoisotopic (exact) mass is 317 g/mol. The van der Waals surface area contributed by atoms with Gasteiger partial charge in [0, 0.05) is 12.6 Å². The molecule has 1 aliphatic heterocycles. The smallest absolute Gasteiger partial charge is 0.0657 e. The molecule has 1 heterocycles. The molecule has 0 aliphatic carbocycles. The third kappa shape index (κ3) is 4.58. The van der Waals surface area contributed by atoms with Gasteiger partial charge in [-0.2, -0.15) is 0 Å². The maximum Gasteiger partial charge on any atom is 0.0657 e. The van der Waals surface area contributed by atoms with Gasteiger partial charge in [0.05, 0.1) is 5.60 Å². The SMILES string of the molecule is CC[C@@]1(C)C[C@](CCN[C@@H](C)c2ccccc2)(C(C)C)CCO1. The van der Waals surface area contributed by atoms with Crippen molar-refractivity contribution in [1.29, 1.82) is 0 Å². The molecule has 1 N–H and O–H groups in total. The van der Waals surface area contributed by atoms with E-state index in [0.29, 0.717) is 17.4 Å². The minimum Gasteiger partial charge on any atom is -0.375 e. The number of hydrogen-bond donors (Lipinski definition) is 1. The van der Waals surface area contributed by atoms with Crippen LogP contribution in [0.15, 0.2) is 30.3 Å². The number of rotatable bonds is 7. The first-order valence-corrected chi connectivity index (χ1v) is 9.33. The van der Waals surface area contributed by atoms with Crippen LogP contribution in [0.1, 0.15) is 71.9 Å². The summed E-state index contributed by atoms with van der Waals surface area (Å²) >= 11 is 0. The highest BCUT2D eigenvalue weighted by Gasteiger charge is 2.43. The molecule has 2 nitrogen and oxygen atoms in total. The molecule has 0 unspecified atom stereocenters. The van der Waals surface area contributed by atoms with Gasteiger partial charge in [-0.15, -0.1) is 0 Å². The Labute approximate surface area is 143 Å². The van der Waals surface area contributed by atoms with Gasteiger partial charge >= 0.3 is 0 Å². The first-order chi connectivity index (χ1) is 10.9. The Balaban J connectivity index is 1.95. The van der Waals surface area contributed by atoms with E-state index in [1.54, 1.807) is 0 Å². The second kappa shape index (κ2) is 7.81. The van der Waals surface area contributed by atoms with Gasteiger partial charge in [-0.1, -0.05) is 51.1 Å². The zero-order chi connectivity index (χ0) is 16.9. The molecule has 1 aromatic rings. The third-order valence-corrected chi connectivity index (χ3v) is 6.12. The Hall–Kier alpha value is -0.860. The Morgan fingerprint density at radius 1 is 1.17 bits per heavy atom. The lowest BCUT2D eigenvalue weighted by atomic mass is 9.64. The van der Waals surface area contributed by atoms with Crippen molar-refractivity contribution in [2.24, 2.45) is 11.3 Å². The van der Waals surface area contributed by atoms with E-state index in [1.165, 1.54) is 24.8 Å². The van der Waals surface area contributed by atoms with Crippen molar-refractivity contribution in [2.75, 3.05) is 13.2 Å². The van der Waals surface area contributed by atoms with Crippen LogP contribution >= 0.6 is 0 Å². The van der Waals surface area contributed by atoms with Gasteiger partial charge in [-0.25, -0.2) is 0 Å². The van der Waals surface area contributed by atoms with Crippen molar-refractivity contribution in [3.63, 3.8) is 0 Å². The van der Waals surface area contributed by atoms with E-state index in [1.807, 2.05) is 0 Å². The predicted octanol–water partition coefficient (Wildman–Crippen LogP) is 5.35. The summed E-state index contributed by atoms with van der Waals surface area (Å²) in [7, 11) is 0. The van der Waals surface area contributed by atoms with E-state index in [4.69, 9.17) is 4.74 Å². The van der Waals surface area contributed by atoms with Gasteiger partial charge in [-0.05, 0) is 63.0 Å². The van der Waals surface area contributed by atoms with Gasteiger partial charge in [0.15, 0.2) is 0 Å². The van der Waals surface area contributed by atoms with Gasteiger partial charge in [0.25, 0.3) is 0 Å². The molecule has 1 fully saturated rings. The highest BCUT2D eigenvalue weighted by atomic mass is 16.5. The van der Waals surface area contributed by atoms with Crippen molar-refractivity contribution in [3.8, 4) is 0 Å². The lowest BCUT2D eigenvalue weighted by molar-refractivity contribution is -0.132. The largest absolute Gasteiger partial charge is 0.375 e. The first kappa shape index (κ1) is 18.5. The van der Waals surface area contributed by atoms with E-state index in [9.17, 15) is 0 Å². The molecule has 23 heavy (non-hydrogen) atoms. The fourth-order valence-corrected chi connectivity index (χ4v) is 4.00. The Morgan fingerprint density at radius 2 is 1.87 bits per heavy atom.